The summed E-state index contributed by atoms with van der Waals surface area (Å²) in [6.07, 6.45) is 0.440. The largest absolute Gasteiger partial charge is 0.324 e. The highest BCUT2D eigenvalue weighted by Crippen LogP contribution is 2.30. The summed E-state index contributed by atoms with van der Waals surface area (Å²) >= 11 is 0. The molecular weight excluding hydrogens is 216 g/mol. The third-order valence-electron chi connectivity index (χ3n) is 2.96. The molecule has 0 fully saturated rings. The first-order chi connectivity index (χ1) is 8.13. The first kappa shape index (κ1) is 11.6. The van der Waals surface area contributed by atoms with Gasteiger partial charge in [-0.05, 0) is 12.1 Å². The van der Waals surface area contributed by atoms with Crippen LogP contribution in [0.15, 0.2) is 24.3 Å². The lowest BCUT2D eigenvalue weighted by Gasteiger charge is -2.22. The highest BCUT2D eigenvalue weighted by Gasteiger charge is 2.27. The van der Waals surface area contributed by atoms with Crippen molar-refractivity contribution in [2.45, 2.75) is 20.3 Å². The number of benzene rings is 1. The molecule has 0 spiro atoms. The van der Waals surface area contributed by atoms with Gasteiger partial charge in [0, 0.05) is 13.0 Å². The summed E-state index contributed by atoms with van der Waals surface area (Å²) in [6, 6.07) is 7.41. The van der Waals surface area contributed by atoms with Gasteiger partial charge in [0.1, 0.15) is 0 Å². The van der Waals surface area contributed by atoms with Gasteiger partial charge in [0.2, 0.25) is 11.8 Å². The monoisotopic (exact) mass is 232 g/mol. The molecule has 4 heteroatoms. The van der Waals surface area contributed by atoms with E-state index in [1.165, 1.54) is 0 Å². The Morgan fingerprint density at radius 2 is 2.18 bits per heavy atom. The summed E-state index contributed by atoms with van der Waals surface area (Å²) in [7, 11) is 0. The van der Waals surface area contributed by atoms with E-state index in [0.717, 1.165) is 5.69 Å². The van der Waals surface area contributed by atoms with E-state index >= 15 is 0 Å². The van der Waals surface area contributed by atoms with Gasteiger partial charge < -0.3 is 10.2 Å². The second kappa shape index (κ2) is 4.57. The molecule has 0 unspecified atom stereocenters. The van der Waals surface area contributed by atoms with E-state index in [9.17, 15) is 9.59 Å². The second-order valence-corrected chi connectivity index (χ2v) is 4.27. The molecule has 90 valence electrons. The fourth-order valence-electron chi connectivity index (χ4n) is 1.95. The fourth-order valence-corrected chi connectivity index (χ4v) is 1.95. The average molecular weight is 232 g/mol. The smallest absolute Gasteiger partial charge is 0.229 e. The summed E-state index contributed by atoms with van der Waals surface area (Å²) in [5.74, 6) is -0.192. The predicted molar refractivity (Wildman–Crippen MR) is 66.9 cm³/mol. The van der Waals surface area contributed by atoms with Crippen molar-refractivity contribution in [2.75, 3.05) is 16.8 Å². The van der Waals surface area contributed by atoms with Crippen molar-refractivity contribution in [3.05, 3.63) is 24.3 Å². The molecule has 1 aliphatic heterocycles. The van der Waals surface area contributed by atoms with Crippen LogP contribution < -0.4 is 10.2 Å². The second-order valence-electron chi connectivity index (χ2n) is 4.27. The van der Waals surface area contributed by atoms with Gasteiger partial charge in [-0.1, -0.05) is 26.0 Å². The van der Waals surface area contributed by atoms with Gasteiger partial charge in [0.05, 0.1) is 17.3 Å². The van der Waals surface area contributed by atoms with E-state index in [0.29, 0.717) is 18.7 Å². The maximum absolute atomic E-state index is 11.9. The van der Waals surface area contributed by atoms with Crippen molar-refractivity contribution >= 4 is 23.2 Å². The Morgan fingerprint density at radius 1 is 1.47 bits per heavy atom. The molecule has 1 aliphatic rings. The third kappa shape index (κ3) is 2.16. The minimum Gasteiger partial charge on any atom is -0.324 e. The van der Waals surface area contributed by atoms with Gasteiger partial charge in [0.25, 0.3) is 0 Å². The van der Waals surface area contributed by atoms with E-state index in [1.54, 1.807) is 4.90 Å². The standard InChI is InChI=1S/C13H16N2O2/c1-3-12(16)15-8-9(2)13(17)14-10-6-4-5-7-11(10)15/h4-7,9H,3,8H2,1-2H3,(H,14,17)/t9-/m1/s1. The van der Waals surface area contributed by atoms with Crippen molar-refractivity contribution in [1.82, 2.24) is 0 Å². The Bertz CT molecular complexity index is 456. The van der Waals surface area contributed by atoms with Gasteiger partial charge in [-0.2, -0.15) is 0 Å². The lowest BCUT2D eigenvalue weighted by atomic mass is 10.1. The highest BCUT2D eigenvalue weighted by molar-refractivity contribution is 6.04. The first-order valence-electron chi connectivity index (χ1n) is 5.83. The first-order valence-corrected chi connectivity index (χ1v) is 5.83. The zero-order valence-corrected chi connectivity index (χ0v) is 10.1. The highest BCUT2D eigenvalue weighted by atomic mass is 16.2. The van der Waals surface area contributed by atoms with Gasteiger partial charge >= 0.3 is 0 Å². The van der Waals surface area contributed by atoms with Crippen LogP contribution in [0.5, 0.6) is 0 Å². The molecule has 0 saturated carbocycles. The van der Waals surface area contributed by atoms with Crippen LogP contribution in [0.2, 0.25) is 0 Å². The molecular formula is C13H16N2O2. The Kier molecular flexibility index (Phi) is 3.13. The lowest BCUT2D eigenvalue weighted by molar-refractivity contribution is -0.119. The maximum atomic E-state index is 11.9. The van der Waals surface area contributed by atoms with Gasteiger partial charge in [-0.15, -0.1) is 0 Å². The molecule has 0 radical (unpaired) electrons. The summed E-state index contributed by atoms with van der Waals surface area (Å²) in [4.78, 5) is 25.4. The molecule has 2 rings (SSSR count). The molecule has 1 heterocycles. The summed E-state index contributed by atoms with van der Waals surface area (Å²) in [6.45, 7) is 4.10. The van der Waals surface area contributed by atoms with E-state index in [2.05, 4.69) is 5.32 Å². The van der Waals surface area contributed by atoms with Gasteiger partial charge in [-0.3, -0.25) is 9.59 Å². The van der Waals surface area contributed by atoms with Crippen LogP contribution in [0.3, 0.4) is 0 Å². The van der Waals surface area contributed by atoms with Crippen LogP contribution >= 0.6 is 0 Å². The zero-order chi connectivity index (χ0) is 12.4. The fraction of sp³-hybridized carbons (Fsp3) is 0.385. The molecule has 1 aromatic carbocycles. The van der Waals surface area contributed by atoms with E-state index in [4.69, 9.17) is 0 Å². The molecule has 17 heavy (non-hydrogen) atoms. The molecule has 1 aromatic rings. The summed E-state index contributed by atoms with van der Waals surface area (Å²) in [5, 5.41) is 2.85. The minimum absolute atomic E-state index is 0.0381. The number of amides is 2. The molecule has 0 saturated heterocycles. The Morgan fingerprint density at radius 3 is 2.88 bits per heavy atom. The quantitative estimate of drug-likeness (QED) is 0.805. The van der Waals surface area contributed by atoms with Crippen molar-refractivity contribution < 1.29 is 9.59 Å². The van der Waals surface area contributed by atoms with Crippen LogP contribution in [0, 0.1) is 5.92 Å². The number of nitrogens with zero attached hydrogens (tertiary/aromatic N) is 1. The third-order valence-corrected chi connectivity index (χ3v) is 2.96. The van der Waals surface area contributed by atoms with E-state index in [1.807, 2.05) is 38.1 Å². The summed E-state index contributed by atoms with van der Waals surface area (Å²) < 4.78 is 0. The Balaban J connectivity index is 2.45. The number of carbonyl (C=O) groups is 2. The molecule has 2 amide bonds. The van der Waals surface area contributed by atoms with Crippen LogP contribution in [0.4, 0.5) is 11.4 Å². The van der Waals surface area contributed by atoms with Crippen LogP contribution in [-0.2, 0) is 9.59 Å². The van der Waals surface area contributed by atoms with Crippen molar-refractivity contribution in [2.24, 2.45) is 5.92 Å². The topological polar surface area (TPSA) is 49.4 Å². The van der Waals surface area contributed by atoms with Crippen molar-refractivity contribution in [1.29, 1.82) is 0 Å². The molecule has 4 nitrogen and oxygen atoms in total. The van der Waals surface area contributed by atoms with Gasteiger partial charge in [-0.25, -0.2) is 0 Å². The molecule has 0 bridgehead atoms. The van der Waals surface area contributed by atoms with E-state index in [-0.39, 0.29) is 17.7 Å². The lowest BCUT2D eigenvalue weighted by Crippen LogP contribution is -2.35. The molecule has 1 N–H and O–H groups in total. The number of anilines is 2. The zero-order valence-electron chi connectivity index (χ0n) is 10.1. The minimum atomic E-state index is -0.196. The average Bonchev–Trinajstić information content (AvgIpc) is 2.47. The van der Waals surface area contributed by atoms with E-state index < -0.39 is 0 Å². The van der Waals surface area contributed by atoms with Crippen LogP contribution in [-0.4, -0.2) is 18.4 Å². The molecule has 0 aromatic heterocycles. The summed E-state index contributed by atoms with van der Waals surface area (Å²) in [5.41, 5.74) is 1.50. The van der Waals surface area contributed by atoms with Gasteiger partial charge in [0.15, 0.2) is 0 Å². The number of nitrogens with one attached hydrogen (secondary N) is 1. The maximum Gasteiger partial charge on any atom is 0.229 e. The number of hydrogen-bond acceptors (Lipinski definition) is 2. The number of hydrogen-bond donors (Lipinski definition) is 1. The van der Waals surface area contributed by atoms with Crippen molar-refractivity contribution in [3.8, 4) is 0 Å². The number of rotatable bonds is 1. The molecule has 1 atom stereocenters. The number of carbonyl (C=O) groups excluding carboxylic acids is 2. The van der Waals surface area contributed by atoms with Crippen LogP contribution in [0.1, 0.15) is 20.3 Å². The Hall–Kier alpha value is -1.84. The number of para-hydroxylation sites is 2. The van der Waals surface area contributed by atoms with Crippen LogP contribution in [0.25, 0.3) is 0 Å². The Labute approximate surface area is 101 Å². The van der Waals surface area contributed by atoms with Crippen molar-refractivity contribution in [3.63, 3.8) is 0 Å². The molecule has 0 aliphatic carbocycles. The normalized spacial score (nSPS) is 19.3. The number of fused-ring (bicyclic) bond motifs is 1. The SMILES string of the molecule is CCC(=O)N1C[C@@H](C)C(=O)Nc2ccccc21. The predicted octanol–water partition coefficient (Wildman–Crippen LogP) is 2.02.